The van der Waals surface area contributed by atoms with Gasteiger partial charge in [-0.15, -0.1) is 0 Å². The first-order valence-corrected chi connectivity index (χ1v) is 4.85. The zero-order valence-electron chi connectivity index (χ0n) is 8.43. The van der Waals surface area contributed by atoms with Crippen molar-refractivity contribution in [2.24, 2.45) is 5.92 Å². The van der Waals surface area contributed by atoms with Crippen molar-refractivity contribution < 1.29 is 9.59 Å². The Morgan fingerprint density at radius 1 is 1.40 bits per heavy atom. The van der Waals surface area contributed by atoms with E-state index in [0.29, 0.717) is 12.1 Å². The van der Waals surface area contributed by atoms with Gasteiger partial charge in [0.15, 0.2) is 5.78 Å². The fraction of sp³-hybridized carbons (Fsp3) is 0.273. The Kier molecular flexibility index (Phi) is 2.41. The SMILES string of the molecule is C[C@H]1CN(/C=C2/C=CC=CC2=O)NC1=O. The highest BCUT2D eigenvalue weighted by Crippen LogP contribution is 2.12. The first kappa shape index (κ1) is 9.71. The van der Waals surface area contributed by atoms with Crippen molar-refractivity contribution in [1.82, 2.24) is 10.4 Å². The van der Waals surface area contributed by atoms with Gasteiger partial charge in [0, 0.05) is 11.8 Å². The van der Waals surface area contributed by atoms with Gasteiger partial charge in [-0.1, -0.05) is 19.1 Å². The van der Waals surface area contributed by atoms with Gasteiger partial charge in [-0.3, -0.25) is 20.0 Å². The smallest absolute Gasteiger partial charge is 0.243 e. The Balaban J connectivity index is 2.11. The molecule has 4 heteroatoms. The third-order valence-electron chi connectivity index (χ3n) is 2.39. The molecule has 1 heterocycles. The van der Waals surface area contributed by atoms with Gasteiger partial charge in [0.1, 0.15) is 0 Å². The largest absolute Gasteiger partial charge is 0.291 e. The molecule has 1 N–H and O–H groups in total. The molecule has 0 aromatic carbocycles. The standard InChI is InChI=1S/C11H12N2O2/c1-8-6-13(12-11(8)15)7-9-4-2-3-5-10(9)14/h2-5,7-8H,6H2,1H3,(H,12,15)/b9-7-/t8-/m0/s1. The van der Waals surface area contributed by atoms with E-state index in [1.165, 1.54) is 6.08 Å². The average molecular weight is 204 g/mol. The minimum Gasteiger partial charge on any atom is -0.291 e. The Morgan fingerprint density at radius 2 is 2.13 bits per heavy atom. The molecule has 1 amide bonds. The quantitative estimate of drug-likeness (QED) is 0.634. The molecular weight excluding hydrogens is 192 g/mol. The monoisotopic (exact) mass is 204 g/mol. The molecule has 0 bridgehead atoms. The summed E-state index contributed by atoms with van der Waals surface area (Å²) in [5.74, 6) is -0.0685. The number of carbonyl (C=O) groups excluding carboxylic acids is 2. The lowest BCUT2D eigenvalue weighted by atomic mass is 10.1. The highest BCUT2D eigenvalue weighted by molar-refractivity contribution is 6.07. The van der Waals surface area contributed by atoms with E-state index in [4.69, 9.17) is 0 Å². The second-order valence-corrected chi connectivity index (χ2v) is 3.70. The van der Waals surface area contributed by atoms with E-state index >= 15 is 0 Å². The number of rotatable bonds is 1. The lowest BCUT2D eigenvalue weighted by Gasteiger charge is -2.13. The summed E-state index contributed by atoms with van der Waals surface area (Å²) in [4.78, 5) is 22.6. The maximum atomic E-state index is 11.4. The average Bonchev–Trinajstić information content (AvgIpc) is 2.50. The minimum atomic E-state index is -0.0358. The zero-order valence-corrected chi connectivity index (χ0v) is 8.43. The number of nitrogens with zero attached hydrogens (tertiary/aromatic N) is 1. The van der Waals surface area contributed by atoms with Crippen LogP contribution in [0.5, 0.6) is 0 Å². The van der Waals surface area contributed by atoms with Crippen molar-refractivity contribution in [3.63, 3.8) is 0 Å². The molecule has 4 nitrogen and oxygen atoms in total. The van der Waals surface area contributed by atoms with Crippen LogP contribution >= 0.6 is 0 Å². The first-order chi connectivity index (χ1) is 7.16. The van der Waals surface area contributed by atoms with E-state index in [0.717, 1.165) is 0 Å². The van der Waals surface area contributed by atoms with Gasteiger partial charge in [0.2, 0.25) is 5.91 Å². The Morgan fingerprint density at radius 3 is 2.73 bits per heavy atom. The molecule has 0 radical (unpaired) electrons. The first-order valence-electron chi connectivity index (χ1n) is 4.85. The van der Waals surface area contributed by atoms with Crippen molar-refractivity contribution in [3.8, 4) is 0 Å². The van der Waals surface area contributed by atoms with Gasteiger partial charge >= 0.3 is 0 Å². The van der Waals surface area contributed by atoms with E-state index in [9.17, 15) is 9.59 Å². The molecule has 78 valence electrons. The van der Waals surface area contributed by atoms with Crippen LogP contribution in [0.2, 0.25) is 0 Å². The van der Waals surface area contributed by atoms with Gasteiger partial charge in [0.05, 0.1) is 12.5 Å². The fourth-order valence-corrected chi connectivity index (χ4v) is 1.52. The molecule has 2 aliphatic rings. The van der Waals surface area contributed by atoms with E-state index in [1.807, 2.05) is 6.92 Å². The summed E-state index contributed by atoms with van der Waals surface area (Å²) < 4.78 is 0. The fourth-order valence-electron chi connectivity index (χ4n) is 1.52. The Hall–Kier alpha value is -1.84. The second kappa shape index (κ2) is 3.73. The maximum absolute atomic E-state index is 11.4. The predicted octanol–water partition coefficient (Wildman–Crippen LogP) is 0.548. The number of nitrogens with one attached hydrogen (secondary N) is 1. The van der Waals surface area contributed by atoms with Crippen molar-refractivity contribution in [3.05, 3.63) is 36.1 Å². The molecular formula is C11H12N2O2. The van der Waals surface area contributed by atoms with Crippen molar-refractivity contribution >= 4 is 11.7 Å². The van der Waals surface area contributed by atoms with Crippen LogP contribution in [0.15, 0.2) is 36.1 Å². The maximum Gasteiger partial charge on any atom is 0.243 e. The van der Waals surface area contributed by atoms with Gasteiger partial charge in [0.25, 0.3) is 0 Å². The normalized spacial score (nSPS) is 27.7. The van der Waals surface area contributed by atoms with Gasteiger partial charge in [-0.05, 0) is 12.2 Å². The van der Waals surface area contributed by atoms with Gasteiger partial charge in [-0.25, -0.2) is 0 Å². The number of hydrogen-bond donors (Lipinski definition) is 1. The van der Waals surface area contributed by atoms with Crippen LogP contribution in [0.3, 0.4) is 0 Å². The predicted molar refractivity (Wildman–Crippen MR) is 55.4 cm³/mol. The molecule has 0 aromatic rings. The molecule has 0 unspecified atom stereocenters. The summed E-state index contributed by atoms with van der Waals surface area (Å²) in [5.41, 5.74) is 3.27. The number of ketones is 1. The number of amides is 1. The number of carbonyl (C=O) groups is 2. The molecule has 1 aliphatic carbocycles. The third kappa shape index (κ3) is 1.98. The van der Waals surface area contributed by atoms with Crippen LogP contribution in [-0.4, -0.2) is 23.2 Å². The molecule has 1 aliphatic heterocycles. The minimum absolute atomic E-state index is 0.00497. The van der Waals surface area contributed by atoms with E-state index in [-0.39, 0.29) is 17.6 Å². The Bertz CT molecular complexity index is 393. The molecule has 1 fully saturated rings. The molecule has 1 saturated heterocycles. The summed E-state index contributed by atoms with van der Waals surface area (Å²) in [6, 6.07) is 0. The van der Waals surface area contributed by atoms with Crippen LogP contribution in [0.25, 0.3) is 0 Å². The third-order valence-corrected chi connectivity index (χ3v) is 2.39. The lowest BCUT2D eigenvalue weighted by Crippen LogP contribution is -2.29. The second-order valence-electron chi connectivity index (χ2n) is 3.70. The topological polar surface area (TPSA) is 49.4 Å². The molecule has 1 atom stereocenters. The van der Waals surface area contributed by atoms with Crippen LogP contribution in [0, 0.1) is 5.92 Å². The summed E-state index contributed by atoms with van der Waals surface area (Å²) in [6.07, 6.45) is 8.41. The summed E-state index contributed by atoms with van der Waals surface area (Å²) in [5, 5.41) is 1.66. The number of allylic oxidation sites excluding steroid dienone is 5. The zero-order chi connectivity index (χ0) is 10.8. The van der Waals surface area contributed by atoms with E-state index in [1.54, 1.807) is 29.4 Å². The van der Waals surface area contributed by atoms with Crippen LogP contribution in [0.4, 0.5) is 0 Å². The van der Waals surface area contributed by atoms with Crippen LogP contribution < -0.4 is 5.43 Å². The van der Waals surface area contributed by atoms with Crippen LogP contribution in [-0.2, 0) is 9.59 Å². The molecule has 0 saturated carbocycles. The molecule has 0 aromatic heterocycles. The van der Waals surface area contributed by atoms with Gasteiger partial charge in [-0.2, -0.15) is 0 Å². The van der Waals surface area contributed by atoms with E-state index in [2.05, 4.69) is 5.43 Å². The van der Waals surface area contributed by atoms with E-state index < -0.39 is 0 Å². The number of hydrogen-bond acceptors (Lipinski definition) is 3. The Labute approximate surface area is 87.9 Å². The highest BCUT2D eigenvalue weighted by atomic mass is 16.2. The van der Waals surface area contributed by atoms with Crippen molar-refractivity contribution in [1.29, 1.82) is 0 Å². The summed E-state index contributed by atoms with van der Waals surface area (Å²) in [6.45, 7) is 2.46. The lowest BCUT2D eigenvalue weighted by molar-refractivity contribution is -0.123. The molecule has 2 rings (SSSR count). The molecule has 15 heavy (non-hydrogen) atoms. The van der Waals surface area contributed by atoms with Crippen molar-refractivity contribution in [2.45, 2.75) is 6.92 Å². The molecule has 0 spiro atoms. The summed E-state index contributed by atoms with van der Waals surface area (Å²) in [7, 11) is 0. The number of hydrazine groups is 1. The van der Waals surface area contributed by atoms with Crippen molar-refractivity contribution in [2.75, 3.05) is 6.54 Å². The van der Waals surface area contributed by atoms with Crippen LogP contribution in [0.1, 0.15) is 6.92 Å². The van der Waals surface area contributed by atoms with Gasteiger partial charge < -0.3 is 0 Å². The summed E-state index contributed by atoms with van der Waals surface area (Å²) >= 11 is 0. The highest BCUT2D eigenvalue weighted by Gasteiger charge is 2.25.